The Hall–Kier alpha value is -2.34. The zero-order valence-electron chi connectivity index (χ0n) is 15.1. The molecule has 2 N–H and O–H groups in total. The SMILES string of the molecule is C=C(Nc1cccc(C(F)(F)F)c1)C1C(c2ccncc2)CCC(C)C1O. The molecule has 1 aromatic carbocycles. The third-order valence-corrected chi connectivity index (χ3v) is 5.35. The number of hydrogen-bond donors (Lipinski definition) is 2. The molecule has 4 atom stereocenters. The summed E-state index contributed by atoms with van der Waals surface area (Å²) in [5.41, 5.74) is 1.17. The maximum absolute atomic E-state index is 13.0. The van der Waals surface area contributed by atoms with Crippen LogP contribution in [0.4, 0.5) is 18.9 Å². The first-order chi connectivity index (χ1) is 12.8. The van der Waals surface area contributed by atoms with Crippen molar-refractivity contribution in [3.05, 3.63) is 72.2 Å². The van der Waals surface area contributed by atoms with E-state index in [0.717, 1.165) is 30.5 Å². The van der Waals surface area contributed by atoms with Gasteiger partial charge in [0.05, 0.1) is 11.7 Å². The van der Waals surface area contributed by atoms with Crippen molar-refractivity contribution in [1.29, 1.82) is 0 Å². The predicted molar refractivity (Wildman–Crippen MR) is 99.1 cm³/mol. The molecule has 1 heterocycles. The molecule has 0 amide bonds. The van der Waals surface area contributed by atoms with Gasteiger partial charge in [-0.1, -0.05) is 19.6 Å². The molecule has 144 valence electrons. The fourth-order valence-electron chi connectivity index (χ4n) is 3.86. The Morgan fingerprint density at radius 3 is 2.56 bits per heavy atom. The maximum Gasteiger partial charge on any atom is 0.416 e. The predicted octanol–water partition coefficient (Wildman–Crippen LogP) is 5.22. The van der Waals surface area contributed by atoms with Gasteiger partial charge in [0, 0.05) is 29.7 Å². The van der Waals surface area contributed by atoms with Gasteiger partial charge in [-0.3, -0.25) is 4.98 Å². The molecular formula is C21H23F3N2O. The molecule has 0 bridgehead atoms. The fraction of sp³-hybridized carbons (Fsp3) is 0.381. The van der Waals surface area contributed by atoms with E-state index in [1.807, 2.05) is 19.1 Å². The van der Waals surface area contributed by atoms with Crippen LogP contribution in [0.3, 0.4) is 0 Å². The average Bonchev–Trinajstić information content (AvgIpc) is 2.64. The van der Waals surface area contributed by atoms with Gasteiger partial charge in [-0.05, 0) is 60.6 Å². The lowest BCUT2D eigenvalue weighted by atomic mass is 9.69. The number of benzene rings is 1. The summed E-state index contributed by atoms with van der Waals surface area (Å²) >= 11 is 0. The molecular weight excluding hydrogens is 353 g/mol. The average molecular weight is 376 g/mol. The quantitative estimate of drug-likeness (QED) is 0.769. The normalized spacial score (nSPS) is 25.8. The molecule has 0 spiro atoms. The Morgan fingerprint density at radius 1 is 1.19 bits per heavy atom. The van der Waals surface area contributed by atoms with Crippen LogP contribution in [0.1, 0.15) is 36.8 Å². The smallest absolute Gasteiger partial charge is 0.392 e. The molecule has 6 heteroatoms. The molecule has 3 rings (SSSR count). The second-order valence-electron chi connectivity index (χ2n) is 7.19. The zero-order chi connectivity index (χ0) is 19.6. The highest BCUT2D eigenvalue weighted by Gasteiger charge is 2.39. The van der Waals surface area contributed by atoms with Crippen LogP contribution in [0.25, 0.3) is 0 Å². The number of aliphatic hydroxyl groups is 1. The summed E-state index contributed by atoms with van der Waals surface area (Å²) in [6.07, 6.45) is 0.136. The van der Waals surface area contributed by atoms with Crippen LogP contribution >= 0.6 is 0 Å². The number of aliphatic hydroxyl groups excluding tert-OH is 1. The first-order valence-corrected chi connectivity index (χ1v) is 8.98. The van der Waals surface area contributed by atoms with Gasteiger partial charge >= 0.3 is 6.18 Å². The summed E-state index contributed by atoms with van der Waals surface area (Å²) in [7, 11) is 0. The van der Waals surface area contributed by atoms with E-state index in [1.165, 1.54) is 6.07 Å². The standard InChI is InChI=1S/C21H23F3N2O/c1-13-6-7-18(15-8-10-25-11-9-15)19(20(13)27)14(2)26-17-5-3-4-16(12-17)21(22,23)24/h3-5,8-13,18-20,26-27H,2,6-7H2,1H3. The van der Waals surface area contributed by atoms with Crippen molar-refractivity contribution in [2.45, 2.75) is 38.0 Å². The lowest BCUT2D eigenvalue weighted by Gasteiger charge is -2.40. The number of alkyl halides is 3. The van der Waals surface area contributed by atoms with Crippen molar-refractivity contribution in [1.82, 2.24) is 4.98 Å². The minimum atomic E-state index is -4.41. The summed E-state index contributed by atoms with van der Waals surface area (Å²) in [5.74, 6) is -0.177. The summed E-state index contributed by atoms with van der Waals surface area (Å²) in [6.45, 7) is 6.04. The number of nitrogens with zero attached hydrogens (tertiary/aromatic N) is 1. The highest BCUT2D eigenvalue weighted by atomic mass is 19.4. The van der Waals surface area contributed by atoms with Crippen molar-refractivity contribution in [2.75, 3.05) is 5.32 Å². The second-order valence-corrected chi connectivity index (χ2v) is 7.19. The number of rotatable bonds is 4. The van der Waals surface area contributed by atoms with Crippen LogP contribution in [-0.4, -0.2) is 16.2 Å². The summed E-state index contributed by atoms with van der Waals surface area (Å²) in [5, 5.41) is 13.8. The molecule has 3 nitrogen and oxygen atoms in total. The van der Waals surface area contributed by atoms with Gasteiger partial charge in [-0.25, -0.2) is 0 Å². The highest BCUT2D eigenvalue weighted by Crippen LogP contribution is 2.44. The Morgan fingerprint density at radius 2 is 1.89 bits per heavy atom. The Balaban J connectivity index is 1.86. The lowest BCUT2D eigenvalue weighted by molar-refractivity contribution is -0.137. The second kappa shape index (κ2) is 7.72. The zero-order valence-corrected chi connectivity index (χ0v) is 15.1. The van der Waals surface area contributed by atoms with Crippen LogP contribution in [0.2, 0.25) is 0 Å². The van der Waals surface area contributed by atoms with Crippen molar-refractivity contribution in [3.63, 3.8) is 0 Å². The third kappa shape index (κ3) is 4.33. The summed E-state index contributed by atoms with van der Waals surface area (Å²) in [6, 6.07) is 8.85. The van der Waals surface area contributed by atoms with E-state index in [0.29, 0.717) is 11.4 Å². The van der Waals surface area contributed by atoms with Gasteiger partial charge in [0.2, 0.25) is 0 Å². The molecule has 1 saturated carbocycles. The molecule has 4 unspecified atom stereocenters. The lowest BCUT2D eigenvalue weighted by Crippen LogP contribution is -2.39. The first-order valence-electron chi connectivity index (χ1n) is 8.98. The van der Waals surface area contributed by atoms with E-state index in [2.05, 4.69) is 16.9 Å². The minimum Gasteiger partial charge on any atom is -0.392 e. The van der Waals surface area contributed by atoms with Gasteiger partial charge in [0.1, 0.15) is 0 Å². The van der Waals surface area contributed by atoms with E-state index < -0.39 is 17.8 Å². The molecule has 2 aromatic rings. The third-order valence-electron chi connectivity index (χ3n) is 5.35. The Kier molecular flexibility index (Phi) is 5.56. The highest BCUT2D eigenvalue weighted by molar-refractivity contribution is 5.51. The molecule has 0 saturated heterocycles. The van der Waals surface area contributed by atoms with Crippen LogP contribution in [0.15, 0.2) is 61.1 Å². The molecule has 1 aliphatic carbocycles. The Labute approximate surface area is 157 Å². The van der Waals surface area contributed by atoms with Gasteiger partial charge in [0.25, 0.3) is 0 Å². The minimum absolute atomic E-state index is 0.0324. The van der Waals surface area contributed by atoms with Crippen LogP contribution < -0.4 is 5.32 Å². The van der Waals surface area contributed by atoms with Crippen molar-refractivity contribution < 1.29 is 18.3 Å². The van der Waals surface area contributed by atoms with Gasteiger partial charge < -0.3 is 10.4 Å². The van der Waals surface area contributed by atoms with Crippen LogP contribution in [-0.2, 0) is 6.18 Å². The largest absolute Gasteiger partial charge is 0.416 e. The van der Waals surface area contributed by atoms with Gasteiger partial charge in [-0.2, -0.15) is 13.2 Å². The van der Waals surface area contributed by atoms with Crippen LogP contribution in [0.5, 0.6) is 0 Å². The summed E-state index contributed by atoms with van der Waals surface area (Å²) in [4.78, 5) is 4.04. The number of hydrogen-bond acceptors (Lipinski definition) is 3. The molecule has 0 aliphatic heterocycles. The number of halogens is 3. The molecule has 0 radical (unpaired) electrons. The van der Waals surface area contributed by atoms with Crippen molar-refractivity contribution in [2.24, 2.45) is 11.8 Å². The molecule has 1 fully saturated rings. The number of pyridine rings is 1. The summed E-state index contributed by atoms with van der Waals surface area (Å²) < 4.78 is 38.9. The molecule has 1 aliphatic rings. The van der Waals surface area contributed by atoms with E-state index >= 15 is 0 Å². The van der Waals surface area contributed by atoms with Crippen molar-refractivity contribution in [3.8, 4) is 0 Å². The number of aromatic nitrogens is 1. The monoisotopic (exact) mass is 376 g/mol. The van der Waals surface area contributed by atoms with Gasteiger partial charge in [-0.15, -0.1) is 0 Å². The number of nitrogens with one attached hydrogen (secondary N) is 1. The van der Waals surface area contributed by atoms with Crippen molar-refractivity contribution >= 4 is 5.69 Å². The fourth-order valence-corrected chi connectivity index (χ4v) is 3.86. The maximum atomic E-state index is 13.0. The van der Waals surface area contributed by atoms with E-state index in [1.54, 1.807) is 18.5 Å². The number of anilines is 1. The van der Waals surface area contributed by atoms with Crippen LogP contribution in [0, 0.1) is 11.8 Å². The van der Waals surface area contributed by atoms with Gasteiger partial charge in [0.15, 0.2) is 0 Å². The van der Waals surface area contributed by atoms with E-state index in [9.17, 15) is 18.3 Å². The van der Waals surface area contributed by atoms with E-state index in [4.69, 9.17) is 0 Å². The topological polar surface area (TPSA) is 45.2 Å². The van der Waals surface area contributed by atoms with E-state index in [-0.39, 0.29) is 17.8 Å². The molecule has 27 heavy (non-hydrogen) atoms. The first kappa shape index (κ1) is 19.4. The Bertz CT molecular complexity index is 792. The molecule has 1 aromatic heterocycles.